The van der Waals surface area contributed by atoms with E-state index in [1.165, 1.54) is 0 Å². The van der Waals surface area contributed by atoms with E-state index in [4.69, 9.17) is 0 Å². The number of benzene rings is 1. The van der Waals surface area contributed by atoms with Crippen LogP contribution in [-0.2, 0) is 6.54 Å². The van der Waals surface area contributed by atoms with Gasteiger partial charge in [-0.05, 0) is 35.0 Å². The molecule has 2 rings (SSSR count). The standard InChI is InChI=1S/C13H15BrN2OS/c1-10(17)8-16(11-5-3-2-4-6-11)9-13-15-7-12(14)18-13/h2-7,10,17H,8-9H2,1H3/t10-/m0/s1. The van der Waals surface area contributed by atoms with E-state index in [9.17, 15) is 5.11 Å². The molecule has 0 fully saturated rings. The third-order valence-corrected chi connectivity index (χ3v) is 3.92. The van der Waals surface area contributed by atoms with Crippen molar-refractivity contribution in [1.29, 1.82) is 0 Å². The minimum absolute atomic E-state index is 0.367. The Morgan fingerprint density at radius 2 is 2.11 bits per heavy atom. The Bertz CT molecular complexity index is 487. The van der Waals surface area contributed by atoms with Crippen LogP contribution in [-0.4, -0.2) is 22.7 Å². The molecule has 1 aromatic carbocycles. The second kappa shape index (κ2) is 6.31. The van der Waals surface area contributed by atoms with Crippen LogP contribution in [0.15, 0.2) is 40.3 Å². The van der Waals surface area contributed by atoms with Crippen LogP contribution in [0.1, 0.15) is 11.9 Å². The van der Waals surface area contributed by atoms with E-state index in [0.717, 1.165) is 14.5 Å². The molecule has 0 saturated carbocycles. The van der Waals surface area contributed by atoms with E-state index in [2.05, 4.69) is 25.8 Å². The van der Waals surface area contributed by atoms with Gasteiger partial charge in [0.1, 0.15) is 5.01 Å². The summed E-state index contributed by atoms with van der Waals surface area (Å²) in [7, 11) is 0. The van der Waals surface area contributed by atoms with Crippen LogP contribution in [0.4, 0.5) is 5.69 Å². The number of hydrogen-bond donors (Lipinski definition) is 1. The lowest BCUT2D eigenvalue weighted by Gasteiger charge is -2.25. The van der Waals surface area contributed by atoms with Gasteiger partial charge < -0.3 is 10.0 Å². The normalized spacial score (nSPS) is 12.4. The lowest BCUT2D eigenvalue weighted by molar-refractivity contribution is 0.199. The predicted octanol–water partition coefficient (Wildman–Crippen LogP) is 3.29. The number of hydrogen-bond acceptors (Lipinski definition) is 4. The molecule has 3 nitrogen and oxygen atoms in total. The molecule has 1 aromatic heterocycles. The summed E-state index contributed by atoms with van der Waals surface area (Å²) in [6, 6.07) is 10.1. The van der Waals surface area contributed by atoms with Gasteiger partial charge in [0, 0.05) is 12.2 Å². The van der Waals surface area contributed by atoms with E-state index in [-0.39, 0.29) is 6.10 Å². The topological polar surface area (TPSA) is 36.4 Å². The van der Waals surface area contributed by atoms with Crippen molar-refractivity contribution in [2.45, 2.75) is 19.6 Å². The Morgan fingerprint density at radius 3 is 2.67 bits per heavy atom. The zero-order chi connectivity index (χ0) is 13.0. The van der Waals surface area contributed by atoms with Gasteiger partial charge in [-0.1, -0.05) is 18.2 Å². The van der Waals surface area contributed by atoms with Gasteiger partial charge in [0.15, 0.2) is 0 Å². The zero-order valence-electron chi connectivity index (χ0n) is 10.1. The Morgan fingerprint density at radius 1 is 1.39 bits per heavy atom. The molecule has 0 aliphatic rings. The number of rotatable bonds is 5. The molecule has 0 unspecified atom stereocenters. The number of aromatic nitrogens is 1. The highest BCUT2D eigenvalue weighted by molar-refractivity contribution is 9.11. The minimum atomic E-state index is -0.367. The second-order valence-electron chi connectivity index (χ2n) is 4.12. The fraction of sp³-hybridized carbons (Fsp3) is 0.308. The van der Waals surface area contributed by atoms with Gasteiger partial charge in [-0.2, -0.15) is 0 Å². The van der Waals surface area contributed by atoms with Crippen LogP contribution in [0.2, 0.25) is 0 Å². The average molecular weight is 327 g/mol. The highest BCUT2D eigenvalue weighted by atomic mass is 79.9. The number of nitrogens with zero attached hydrogens (tertiary/aromatic N) is 2. The number of para-hydroxylation sites is 1. The van der Waals surface area contributed by atoms with E-state index in [1.54, 1.807) is 18.3 Å². The van der Waals surface area contributed by atoms with Gasteiger partial charge in [-0.3, -0.25) is 0 Å². The molecular formula is C13H15BrN2OS. The SMILES string of the molecule is C[C@H](O)CN(Cc1ncc(Br)s1)c1ccccc1. The molecule has 0 aliphatic carbocycles. The first-order valence-corrected chi connectivity index (χ1v) is 7.34. The second-order valence-corrected chi connectivity index (χ2v) is 6.62. The summed E-state index contributed by atoms with van der Waals surface area (Å²) in [5.74, 6) is 0. The molecular weight excluding hydrogens is 312 g/mol. The fourth-order valence-electron chi connectivity index (χ4n) is 1.74. The Balaban J connectivity index is 2.15. The van der Waals surface area contributed by atoms with Crippen molar-refractivity contribution in [1.82, 2.24) is 4.98 Å². The van der Waals surface area contributed by atoms with Crippen LogP contribution in [0.25, 0.3) is 0 Å². The summed E-state index contributed by atoms with van der Waals surface area (Å²) in [5, 5.41) is 10.6. The van der Waals surface area contributed by atoms with Crippen LogP contribution in [0.3, 0.4) is 0 Å². The zero-order valence-corrected chi connectivity index (χ0v) is 12.5. The Kier molecular flexibility index (Phi) is 4.74. The number of halogens is 1. The quantitative estimate of drug-likeness (QED) is 0.915. The average Bonchev–Trinajstić information content (AvgIpc) is 2.75. The molecule has 0 aliphatic heterocycles. The molecule has 1 heterocycles. The Hall–Kier alpha value is -0.910. The lowest BCUT2D eigenvalue weighted by atomic mass is 10.2. The highest BCUT2D eigenvalue weighted by Crippen LogP contribution is 2.23. The van der Waals surface area contributed by atoms with Crippen molar-refractivity contribution in [3.05, 3.63) is 45.3 Å². The molecule has 5 heteroatoms. The molecule has 0 spiro atoms. The fourth-order valence-corrected chi connectivity index (χ4v) is 3.06. The largest absolute Gasteiger partial charge is 0.392 e. The summed E-state index contributed by atoms with van der Waals surface area (Å²) in [6.45, 7) is 3.11. The maximum atomic E-state index is 9.60. The minimum Gasteiger partial charge on any atom is -0.392 e. The van der Waals surface area contributed by atoms with Crippen molar-refractivity contribution in [2.75, 3.05) is 11.4 Å². The predicted molar refractivity (Wildman–Crippen MR) is 79.0 cm³/mol. The smallest absolute Gasteiger partial charge is 0.113 e. The lowest BCUT2D eigenvalue weighted by Crippen LogP contribution is -2.30. The van der Waals surface area contributed by atoms with Crippen molar-refractivity contribution >= 4 is 33.0 Å². The maximum Gasteiger partial charge on any atom is 0.113 e. The molecule has 0 amide bonds. The van der Waals surface area contributed by atoms with Crippen LogP contribution in [0.5, 0.6) is 0 Å². The van der Waals surface area contributed by atoms with Gasteiger partial charge in [-0.15, -0.1) is 11.3 Å². The van der Waals surface area contributed by atoms with Crippen LogP contribution >= 0.6 is 27.3 Å². The first-order valence-electron chi connectivity index (χ1n) is 5.73. The number of aliphatic hydroxyl groups excluding tert-OH is 1. The first-order chi connectivity index (χ1) is 8.65. The number of thiazole rings is 1. The first kappa shape index (κ1) is 13.5. The summed E-state index contributed by atoms with van der Waals surface area (Å²) in [4.78, 5) is 6.47. The van der Waals surface area contributed by atoms with Gasteiger partial charge in [0.2, 0.25) is 0 Å². The summed E-state index contributed by atoms with van der Waals surface area (Å²) >= 11 is 5.04. The molecule has 96 valence electrons. The molecule has 0 saturated heterocycles. The summed E-state index contributed by atoms with van der Waals surface area (Å²) in [6.07, 6.45) is 1.44. The van der Waals surface area contributed by atoms with E-state index in [0.29, 0.717) is 13.1 Å². The molecule has 1 atom stereocenters. The summed E-state index contributed by atoms with van der Waals surface area (Å²) < 4.78 is 1.03. The monoisotopic (exact) mass is 326 g/mol. The third kappa shape index (κ3) is 3.80. The van der Waals surface area contributed by atoms with Crippen molar-refractivity contribution in [3.8, 4) is 0 Å². The third-order valence-electron chi connectivity index (χ3n) is 2.46. The summed E-state index contributed by atoms with van der Waals surface area (Å²) in [5.41, 5.74) is 1.10. The molecule has 18 heavy (non-hydrogen) atoms. The maximum absolute atomic E-state index is 9.60. The molecule has 2 aromatic rings. The van der Waals surface area contributed by atoms with Crippen molar-refractivity contribution < 1.29 is 5.11 Å². The van der Waals surface area contributed by atoms with Crippen LogP contribution in [0, 0.1) is 0 Å². The highest BCUT2D eigenvalue weighted by Gasteiger charge is 2.11. The van der Waals surface area contributed by atoms with Gasteiger partial charge in [0.05, 0.1) is 22.6 Å². The molecule has 0 radical (unpaired) electrons. The van der Waals surface area contributed by atoms with Gasteiger partial charge in [0.25, 0.3) is 0 Å². The van der Waals surface area contributed by atoms with E-state index in [1.807, 2.05) is 36.5 Å². The van der Waals surface area contributed by atoms with Crippen molar-refractivity contribution in [3.63, 3.8) is 0 Å². The molecule has 1 N–H and O–H groups in total. The molecule has 0 bridgehead atoms. The van der Waals surface area contributed by atoms with Gasteiger partial charge in [-0.25, -0.2) is 4.98 Å². The number of aliphatic hydroxyl groups is 1. The van der Waals surface area contributed by atoms with Crippen LogP contribution < -0.4 is 4.90 Å². The van der Waals surface area contributed by atoms with E-state index >= 15 is 0 Å². The Labute approximate surface area is 119 Å². The van der Waals surface area contributed by atoms with Crippen molar-refractivity contribution in [2.24, 2.45) is 0 Å². The van der Waals surface area contributed by atoms with Gasteiger partial charge >= 0.3 is 0 Å². The van der Waals surface area contributed by atoms with E-state index < -0.39 is 0 Å². The number of anilines is 1.